The molecular weight excluding hydrogens is 574 g/mol. The van der Waals surface area contributed by atoms with E-state index < -0.39 is 24.3 Å². The van der Waals surface area contributed by atoms with Gasteiger partial charge >= 0.3 is 17.9 Å². The van der Waals surface area contributed by atoms with E-state index in [4.69, 9.17) is 18.9 Å². The number of quaternary nitrogens is 1. The van der Waals surface area contributed by atoms with Crippen molar-refractivity contribution in [2.75, 3.05) is 47.5 Å². The molecule has 0 bridgehead atoms. The van der Waals surface area contributed by atoms with Gasteiger partial charge in [-0.3, -0.25) is 9.59 Å². The van der Waals surface area contributed by atoms with Gasteiger partial charge in [-0.25, -0.2) is 4.79 Å². The van der Waals surface area contributed by atoms with Crippen LogP contribution in [0.2, 0.25) is 0 Å². The monoisotopic (exact) mass is 642 g/mol. The summed E-state index contributed by atoms with van der Waals surface area (Å²) >= 11 is 0. The maximum absolute atomic E-state index is 12.6. The number of nitrogens with zero attached hydrogens (tertiary/aromatic N) is 1. The van der Waals surface area contributed by atoms with Crippen molar-refractivity contribution in [3.63, 3.8) is 0 Å². The van der Waals surface area contributed by atoms with Crippen LogP contribution in [0.25, 0.3) is 0 Å². The fourth-order valence-corrected chi connectivity index (χ4v) is 4.65. The molecule has 1 N–H and O–H groups in total. The lowest BCUT2D eigenvalue weighted by Crippen LogP contribution is -2.40. The average Bonchev–Trinajstić information content (AvgIpc) is 2.98. The highest BCUT2D eigenvalue weighted by atomic mass is 16.7. The van der Waals surface area contributed by atoms with Gasteiger partial charge in [-0.1, -0.05) is 103 Å². The topological polar surface area (TPSA) is 108 Å². The molecule has 2 unspecified atom stereocenters. The quantitative estimate of drug-likeness (QED) is 0.0259. The van der Waals surface area contributed by atoms with E-state index in [1.165, 1.54) is 57.8 Å². The zero-order chi connectivity index (χ0) is 33.6. The second-order valence-electron chi connectivity index (χ2n) is 13.2. The van der Waals surface area contributed by atoms with Crippen LogP contribution < -0.4 is 0 Å². The molecule has 0 aliphatic carbocycles. The standard InChI is InChI=1S/C36H67NO8/c1-6-8-10-12-14-15-16-17-18-19-20-21-23-25-27-34(39)45-32(30-43-33(38)26-24-22-13-11-9-7-2)31-44-36(35(40)41)42-29-28-37(3,4)5/h16-17,32,36H,6-15,18-31H2,1-5H3/p+1/b17-16-. The number of allylic oxidation sites excluding steroid dienone is 2. The molecule has 0 radical (unpaired) electrons. The molecular formula is C36H68NO8+. The minimum atomic E-state index is -1.50. The summed E-state index contributed by atoms with van der Waals surface area (Å²) in [5, 5.41) is 9.53. The maximum atomic E-state index is 12.6. The third kappa shape index (κ3) is 30.4. The van der Waals surface area contributed by atoms with Crippen LogP contribution in [0.15, 0.2) is 12.2 Å². The fourth-order valence-electron chi connectivity index (χ4n) is 4.65. The Kier molecular flexibility index (Phi) is 28.1. The predicted octanol–water partition coefficient (Wildman–Crippen LogP) is 7.99. The van der Waals surface area contributed by atoms with Gasteiger partial charge in [0.15, 0.2) is 6.10 Å². The first-order valence-corrected chi connectivity index (χ1v) is 17.9. The van der Waals surface area contributed by atoms with Crippen molar-refractivity contribution in [2.45, 2.75) is 155 Å². The van der Waals surface area contributed by atoms with Gasteiger partial charge in [0.1, 0.15) is 13.2 Å². The highest BCUT2D eigenvalue weighted by Gasteiger charge is 2.25. The van der Waals surface area contributed by atoms with Crippen LogP contribution in [0.1, 0.15) is 142 Å². The molecule has 0 aromatic rings. The number of carbonyl (C=O) groups excluding carboxylic acids is 2. The number of carboxylic acids is 1. The summed E-state index contributed by atoms with van der Waals surface area (Å²) in [6.07, 6.45) is 22.9. The van der Waals surface area contributed by atoms with Crippen molar-refractivity contribution < 1.29 is 42.9 Å². The molecule has 264 valence electrons. The van der Waals surface area contributed by atoms with Crippen LogP contribution in [0.5, 0.6) is 0 Å². The van der Waals surface area contributed by atoms with E-state index in [-0.39, 0.29) is 32.2 Å². The van der Waals surface area contributed by atoms with Crippen molar-refractivity contribution in [1.82, 2.24) is 0 Å². The van der Waals surface area contributed by atoms with Gasteiger partial charge in [0.25, 0.3) is 6.29 Å². The molecule has 0 rings (SSSR count). The third-order valence-corrected chi connectivity index (χ3v) is 7.52. The normalized spacial score (nSPS) is 13.2. The van der Waals surface area contributed by atoms with Gasteiger partial charge in [-0.05, 0) is 38.5 Å². The number of aliphatic carboxylic acids is 1. The summed E-state index contributed by atoms with van der Waals surface area (Å²) in [4.78, 5) is 36.6. The zero-order valence-electron chi connectivity index (χ0n) is 29.5. The fraction of sp³-hybridized carbons (Fsp3) is 0.861. The smallest absolute Gasteiger partial charge is 0.361 e. The number of esters is 2. The molecule has 0 aromatic heterocycles. The maximum Gasteiger partial charge on any atom is 0.361 e. The first-order valence-electron chi connectivity index (χ1n) is 17.9. The Balaban J connectivity index is 4.53. The van der Waals surface area contributed by atoms with Gasteiger partial charge in [-0.15, -0.1) is 0 Å². The molecule has 0 saturated heterocycles. The largest absolute Gasteiger partial charge is 0.477 e. The van der Waals surface area contributed by atoms with Gasteiger partial charge in [-0.2, -0.15) is 0 Å². The van der Waals surface area contributed by atoms with E-state index in [1.807, 2.05) is 21.1 Å². The Bertz CT molecular complexity index is 765. The van der Waals surface area contributed by atoms with E-state index >= 15 is 0 Å². The summed E-state index contributed by atoms with van der Waals surface area (Å²) in [5.41, 5.74) is 0. The van der Waals surface area contributed by atoms with Gasteiger partial charge in [0, 0.05) is 12.8 Å². The van der Waals surface area contributed by atoms with E-state index in [0.717, 1.165) is 51.4 Å². The number of ether oxygens (including phenoxy) is 4. The Morgan fingerprint density at radius 3 is 1.64 bits per heavy atom. The van der Waals surface area contributed by atoms with E-state index in [2.05, 4.69) is 26.0 Å². The molecule has 0 amide bonds. The van der Waals surface area contributed by atoms with Crippen molar-refractivity contribution >= 4 is 17.9 Å². The van der Waals surface area contributed by atoms with Crippen LogP contribution in [-0.4, -0.2) is 87.4 Å². The summed E-state index contributed by atoms with van der Waals surface area (Å²) in [6.45, 7) is 4.76. The van der Waals surface area contributed by atoms with Gasteiger partial charge in [0.05, 0.1) is 34.4 Å². The zero-order valence-corrected chi connectivity index (χ0v) is 29.5. The van der Waals surface area contributed by atoms with Crippen molar-refractivity contribution in [1.29, 1.82) is 0 Å². The number of carbonyl (C=O) groups is 3. The lowest BCUT2D eigenvalue weighted by atomic mass is 10.1. The summed E-state index contributed by atoms with van der Waals surface area (Å²) in [6, 6.07) is 0. The van der Waals surface area contributed by atoms with Crippen LogP contribution >= 0.6 is 0 Å². The number of rotatable bonds is 32. The minimum Gasteiger partial charge on any atom is -0.477 e. The Morgan fingerprint density at radius 1 is 0.644 bits per heavy atom. The first-order chi connectivity index (χ1) is 21.6. The second kappa shape index (κ2) is 29.4. The molecule has 0 spiro atoms. The molecule has 0 saturated carbocycles. The average molecular weight is 643 g/mol. The molecule has 9 nitrogen and oxygen atoms in total. The molecule has 45 heavy (non-hydrogen) atoms. The van der Waals surface area contributed by atoms with Crippen molar-refractivity contribution in [2.24, 2.45) is 0 Å². The summed E-state index contributed by atoms with van der Waals surface area (Å²) in [7, 11) is 5.93. The van der Waals surface area contributed by atoms with Crippen LogP contribution in [0.3, 0.4) is 0 Å². The van der Waals surface area contributed by atoms with E-state index in [9.17, 15) is 19.5 Å². The molecule has 0 aromatic carbocycles. The van der Waals surface area contributed by atoms with Crippen molar-refractivity contribution in [3.8, 4) is 0 Å². The van der Waals surface area contributed by atoms with Crippen LogP contribution in [0.4, 0.5) is 0 Å². The number of hydrogen-bond donors (Lipinski definition) is 1. The van der Waals surface area contributed by atoms with Crippen LogP contribution in [-0.2, 0) is 33.3 Å². The lowest BCUT2D eigenvalue weighted by molar-refractivity contribution is -0.870. The molecule has 0 heterocycles. The molecule has 2 atom stereocenters. The highest BCUT2D eigenvalue weighted by Crippen LogP contribution is 2.12. The second-order valence-corrected chi connectivity index (χ2v) is 13.2. The van der Waals surface area contributed by atoms with Crippen molar-refractivity contribution in [3.05, 3.63) is 12.2 Å². The molecule has 9 heteroatoms. The predicted molar refractivity (Wildman–Crippen MR) is 180 cm³/mol. The highest BCUT2D eigenvalue weighted by molar-refractivity contribution is 5.71. The van der Waals surface area contributed by atoms with Gasteiger partial charge < -0.3 is 28.5 Å². The Hall–Kier alpha value is -1.97. The number of likely N-dealkylation sites (N-methyl/N-ethyl adjacent to an activating group) is 1. The minimum absolute atomic E-state index is 0.183. The third-order valence-electron chi connectivity index (χ3n) is 7.52. The molecule has 0 fully saturated rings. The van der Waals surface area contributed by atoms with Gasteiger partial charge in [0.2, 0.25) is 0 Å². The van der Waals surface area contributed by atoms with E-state index in [0.29, 0.717) is 23.9 Å². The van der Waals surface area contributed by atoms with E-state index in [1.54, 1.807) is 0 Å². The summed E-state index contributed by atoms with van der Waals surface area (Å²) in [5.74, 6) is -2.03. The Morgan fingerprint density at radius 2 is 1.13 bits per heavy atom. The summed E-state index contributed by atoms with van der Waals surface area (Å²) < 4.78 is 22.5. The number of carboxylic acid groups (broad SMARTS) is 1. The lowest BCUT2D eigenvalue weighted by Gasteiger charge is -2.25. The molecule has 0 aliphatic rings. The Labute approximate surface area is 275 Å². The van der Waals surface area contributed by atoms with Crippen LogP contribution in [0, 0.1) is 0 Å². The SMILES string of the molecule is CCCCCCC/C=C\CCCCCCCC(=O)OC(COC(=O)CCCCCCCC)COC(OCC[N+](C)(C)C)C(=O)O. The number of hydrogen-bond acceptors (Lipinski definition) is 7. The molecule has 0 aliphatic heterocycles. The number of unbranched alkanes of at least 4 members (excludes halogenated alkanes) is 15. The first kappa shape index (κ1) is 43.0.